The Morgan fingerprint density at radius 2 is 2.08 bits per heavy atom. The van der Waals surface area contributed by atoms with Crippen molar-refractivity contribution in [3.8, 4) is 0 Å². The van der Waals surface area contributed by atoms with E-state index in [0.29, 0.717) is 22.3 Å². The Morgan fingerprint density at radius 1 is 1.38 bits per heavy atom. The summed E-state index contributed by atoms with van der Waals surface area (Å²) >= 11 is 7.12. The molecule has 0 bridgehead atoms. The van der Waals surface area contributed by atoms with Gasteiger partial charge in [0.05, 0.1) is 5.69 Å². The van der Waals surface area contributed by atoms with Crippen molar-refractivity contribution in [2.24, 2.45) is 0 Å². The highest BCUT2D eigenvalue weighted by atomic mass is 35.5. The maximum atomic E-state index is 10.1. The topological polar surface area (TPSA) is 95.0 Å². The number of piperidine rings is 1. The zero-order chi connectivity index (χ0) is 17.5. The van der Waals surface area contributed by atoms with Crippen LogP contribution in [0.25, 0.3) is 0 Å². The third-order valence-corrected chi connectivity index (χ3v) is 5.09. The number of carbonyl (C=O) groups is 1. The minimum absolute atomic E-state index is 0.293. The maximum Gasteiger partial charge on any atom is 0.208 e. The van der Waals surface area contributed by atoms with E-state index in [1.165, 1.54) is 30.6 Å². The molecule has 2 N–H and O–H groups in total. The summed E-state index contributed by atoms with van der Waals surface area (Å²) in [6.45, 7) is 5.82. The molecule has 9 heteroatoms. The number of aliphatic hydroxyl groups is 1. The molecule has 1 fully saturated rings. The van der Waals surface area contributed by atoms with E-state index in [-0.39, 0.29) is 0 Å². The summed E-state index contributed by atoms with van der Waals surface area (Å²) in [5.74, 6) is 0.293. The smallest absolute Gasteiger partial charge is 0.208 e. The minimum atomic E-state index is -0.494. The first-order chi connectivity index (χ1) is 11.5. The van der Waals surface area contributed by atoms with Crippen LogP contribution in [0.15, 0.2) is 0 Å². The molecule has 1 saturated heterocycles. The highest BCUT2D eigenvalue weighted by molar-refractivity contribution is 7.15. The molecule has 1 aliphatic rings. The predicted molar refractivity (Wildman–Crippen MR) is 95.0 cm³/mol. The van der Waals surface area contributed by atoms with Gasteiger partial charge in [-0.25, -0.2) is 4.98 Å². The molecule has 132 valence electrons. The third-order valence-electron chi connectivity index (χ3n) is 3.63. The van der Waals surface area contributed by atoms with Gasteiger partial charge in [-0.15, -0.1) is 10.2 Å². The second kappa shape index (κ2) is 9.10. The number of hydrogen-bond acceptors (Lipinski definition) is 7. The van der Waals surface area contributed by atoms with Gasteiger partial charge in [0.1, 0.15) is 11.1 Å². The maximum absolute atomic E-state index is 10.1. The molecule has 0 saturated carbocycles. The van der Waals surface area contributed by atoms with Crippen molar-refractivity contribution >= 4 is 34.4 Å². The third kappa shape index (κ3) is 4.99. The lowest BCUT2D eigenvalue weighted by Gasteiger charge is -2.25. The summed E-state index contributed by atoms with van der Waals surface area (Å²) in [5.41, 5.74) is 0.809. The molecule has 1 aliphatic heterocycles. The first-order valence-corrected chi connectivity index (χ1v) is 9.20. The number of halogens is 1. The highest BCUT2D eigenvalue weighted by Gasteiger charge is 2.16. The lowest BCUT2D eigenvalue weighted by molar-refractivity contribution is 0.111. The fourth-order valence-electron chi connectivity index (χ4n) is 2.31. The predicted octanol–water partition coefficient (Wildman–Crippen LogP) is 3.02. The number of imidazole rings is 1. The summed E-state index contributed by atoms with van der Waals surface area (Å²) in [4.78, 5) is 18.9. The molecular weight excluding hydrogens is 350 g/mol. The van der Waals surface area contributed by atoms with Gasteiger partial charge in [-0.1, -0.05) is 29.9 Å². The van der Waals surface area contributed by atoms with E-state index in [0.717, 1.165) is 30.3 Å². The van der Waals surface area contributed by atoms with Gasteiger partial charge in [0.25, 0.3) is 0 Å². The Labute approximate surface area is 150 Å². The van der Waals surface area contributed by atoms with Crippen LogP contribution in [-0.4, -0.2) is 44.6 Å². The molecule has 0 aromatic carbocycles. The number of aromatic nitrogens is 4. The second-order valence-corrected chi connectivity index (χ2v) is 6.85. The van der Waals surface area contributed by atoms with E-state index in [1.807, 2.05) is 6.92 Å². The molecule has 2 aromatic heterocycles. The number of anilines is 1. The Balaban J connectivity index is 0.000000185. The van der Waals surface area contributed by atoms with Crippen LogP contribution in [0.3, 0.4) is 0 Å². The van der Waals surface area contributed by atoms with Gasteiger partial charge >= 0.3 is 0 Å². The SMILES string of the molecule is CC(O)c1nnc(N2CCCCC2)s1.CCc1[nH]c(C=O)nc1Cl. The summed E-state index contributed by atoms with van der Waals surface area (Å²) in [5, 5.41) is 19.5. The Kier molecular flexibility index (Phi) is 7.14. The number of aliphatic hydroxyl groups excluding tert-OH is 1. The Hall–Kier alpha value is -1.51. The van der Waals surface area contributed by atoms with Gasteiger partial charge in [0.15, 0.2) is 17.3 Å². The summed E-state index contributed by atoms with van der Waals surface area (Å²) in [6.07, 6.45) is 4.71. The van der Waals surface area contributed by atoms with Crippen LogP contribution in [0, 0.1) is 0 Å². The molecule has 24 heavy (non-hydrogen) atoms. The molecule has 2 aromatic rings. The zero-order valence-electron chi connectivity index (χ0n) is 13.8. The van der Waals surface area contributed by atoms with Gasteiger partial charge < -0.3 is 15.0 Å². The normalized spacial score (nSPS) is 15.6. The second-order valence-electron chi connectivity index (χ2n) is 5.51. The van der Waals surface area contributed by atoms with Gasteiger partial charge in [0.2, 0.25) is 5.13 Å². The average molecular weight is 372 g/mol. The molecule has 0 radical (unpaired) electrons. The number of hydrogen-bond donors (Lipinski definition) is 2. The van der Waals surface area contributed by atoms with E-state index < -0.39 is 6.10 Å². The quantitative estimate of drug-likeness (QED) is 0.802. The first kappa shape index (κ1) is 18.8. The van der Waals surface area contributed by atoms with E-state index in [4.69, 9.17) is 11.6 Å². The highest BCUT2D eigenvalue weighted by Crippen LogP contribution is 2.26. The molecule has 1 unspecified atom stereocenters. The zero-order valence-corrected chi connectivity index (χ0v) is 15.4. The number of aryl methyl sites for hydroxylation is 1. The van der Waals surface area contributed by atoms with Crippen LogP contribution in [-0.2, 0) is 6.42 Å². The van der Waals surface area contributed by atoms with Gasteiger partial charge in [-0.2, -0.15) is 0 Å². The van der Waals surface area contributed by atoms with E-state index in [2.05, 4.69) is 25.1 Å². The van der Waals surface area contributed by atoms with Crippen molar-refractivity contribution in [1.82, 2.24) is 20.2 Å². The average Bonchev–Trinajstić information content (AvgIpc) is 3.23. The van der Waals surface area contributed by atoms with Gasteiger partial charge in [-0.3, -0.25) is 4.79 Å². The van der Waals surface area contributed by atoms with Crippen LogP contribution >= 0.6 is 22.9 Å². The van der Waals surface area contributed by atoms with E-state index in [9.17, 15) is 9.90 Å². The fourth-order valence-corrected chi connectivity index (χ4v) is 3.41. The number of aldehydes is 1. The van der Waals surface area contributed by atoms with Gasteiger partial charge in [-0.05, 0) is 32.6 Å². The number of aromatic amines is 1. The molecule has 0 aliphatic carbocycles. The molecule has 3 rings (SSSR count). The number of rotatable bonds is 4. The van der Waals surface area contributed by atoms with Crippen molar-refractivity contribution in [3.05, 3.63) is 21.7 Å². The largest absolute Gasteiger partial charge is 0.386 e. The van der Waals surface area contributed by atoms with Crippen molar-refractivity contribution in [2.45, 2.75) is 45.6 Å². The van der Waals surface area contributed by atoms with Crippen LogP contribution in [0.2, 0.25) is 5.15 Å². The molecule has 1 atom stereocenters. The lowest BCUT2D eigenvalue weighted by atomic mass is 10.1. The minimum Gasteiger partial charge on any atom is -0.386 e. The summed E-state index contributed by atoms with van der Waals surface area (Å²) < 4.78 is 0. The van der Waals surface area contributed by atoms with E-state index in [1.54, 1.807) is 6.92 Å². The van der Waals surface area contributed by atoms with Crippen LogP contribution in [0.4, 0.5) is 5.13 Å². The summed E-state index contributed by atoms with van der Waals surface area (Å²) in [6, 6.07) is 0. The fraction of sp³-hybridized carbons (Fsp3) is 0.600. The molecule has 7 nitrogen and oxygen atoms in total. The van der Waals surface area contributed by atoms with Crippen molar-refractivity contribution in [3.63, 3.8) is 0 Å². The summed E-state index contributed by atoms with van der Waals surface area (Å²) in [7, 11) is 0. The monoisotopic (exact) mass is 371 g/mol. The number of H-pyrrole nitrogens is 1. The molecular formula is C15H22ClN5O2S. The molecule has 3 heterocycles. The molecule has 0 amide bonds. The van der Waals surface area contributed by atoms with Gasteiger partial charge in [0, 0.05) is 13.1 Å². The van der Waals surface area contributed by atoms with Crippen LogP contribution in [0.1, 0.15) is 60.5 Å². The van der Waals surface area contributed by atoms with Crippen LogP contribution in [0.5, 0.6) is 0 Å². The van der Waals surface area contributed by atoms with E-state index >= 15 is 0 Å². The van der Waals surface area contributed by atoms with Crippen molar-refractivity contribution in [1.29, 1.82) is 0 Å². The Bertz CT molecular complexity index is 652. The standard InChI is InChI=1S/C9H15N3OS.C6H7ClN2O/c1-7(13)8-10-11-9(14-8)12-5-3-2-4-6-12;1-2-4-6(7)9-5(3-10)8-4/h7,13H,2-6H2,1H3;3H,2H2,1H3,(H,8,9). The lowest BCUT2D eigenvalue weighted by Crippen LogP contribution is -2.29. The first-order valence-electron chi connectivity index (χ1n) is 8.01. The molecule has 0 spiro atoms. The number of nitrogens with zero attached hydrogens (tertiary/aromatic N) is 4. The Morgan fingerprint density at radius 3 is 2.54 bits per heavy atom. The number of carbonyl (C=O) groups excluding carboxylic acids is 1. The van der Waals surface area contributed by atoms with Crippen molar-refractivity contribution < 1.29 is 9.90 Å². The van der Waals surface area contributed by atoms with Crippen LogP contribution < -0.4 is 4.90 Å². The number of nitrogens with one attached hydrogen (secondary N) is 1. The van der Waals surface area contributed by atoms with Crippen molar-refractivity contribution in [2.75, 3.05) is 18.0 Å².